The van der Waals surface area contributed by atoms with Gasteiger partial charge >= 0.3 is 0 Å². The number of hydrogen-bond acceptors (Lipinski definition) is 4. The van der Waals surface area contributed by atoms with E-state index in [0.717, 1.165) is 19.1 Å². The average molecular weight is 298 g/mol. The molecule has 0 atom stereocenters. The Hall–Kier alpha value is -1.60. The average Bonchev–Trinajstić information content (AvgIpc) is 3.20. The van der Waals surface area contributed by atoms with Gasteiger partial charge in [-0.05, 0) is 37.1 Å². The van der Waals surface area contributed by atoms with Crippen LogP contribution in [0, 0.1) is 0 Å². The number of amides is 1. The van der Waals surface area contributed by atoms with Crippen molar-refractivity contribution in [3.8, 4) is 5.75 Å². The number of anilines is 1. The molecule has 0 aliphatic heterocycles. The zero-order valence-electron chi connectivity index (χ0n) is 11.5. The lowest BCUT2D eigenvalue weighted by molar-refractivity contribution is -0.116. The van der Waals surface area contributed by atoms with Gasteiger partial charge in [0, 0.05) is 11.7 Å². The van der Waals surface area contributed by atoms with E-state index in [9.17, 15) is 13.2 Å². The number of rotatable bonds is 6. The fourth-order valence-corrected chi connectivity index (χ4v) is 3.00. The summed E-state index contributed by atoms with van der Waals surface area (Å²) in [6.07, 6.45) is 2.78. The minimum Gasteiger partial charge on any atom is -0.497 e. The molecule has 110 valence electrons. The van der Waals surface area contributed by atoms with E-state index in [1.165, 1.54) is 4.31 Å². The normalized spacial score (nSPS) is 15.2. The Morgan fingerprint density at radius 3 is 2.40 bits per heavy atom. The third kappa shape index (κ3) is 3.94. The predicted octanol–water partition coefficient (Wildman–Crippen LogP) is 1.06. The van der Waals surface area contributed by atoms with Crippen molar-refractivity contribution in [2.45, 2.75) is 18.9 Å². The lowest BCUT2D eigenvalue weighted by Gasteiger charge is -2.18. The van der Waals surface area contributed by atoms with Crippen molar-refractivity contribution in [1.29, 1.82) is 0 Å². The highest BCUT2D eigenvalue weighted by Gasteiger charge is 2.36. The van der Waals surface area contributed by atoms with E-state index in [2.05, 4.69) is 5.32 Å². The van der Waals surface area contributed by atoms with Gasteiger partial charge in [0.15, 0.2) is 0 Å². The molecule has 1 aromatic carbocycles. The smallest absolute Gasteiger partial charge is 0.239 e. The van der Waals surface area contributed by atoms with Crippen LogP contribution >= 0.6 is 0 Å². The van der Waals surface area contributed by atoms with E-state index in [1.54, 1.807) is 31.4 Å². The van der Waals surface area contributed by atoms with Gasteiger partial charge in [-0.3, -0.25) is 4.79 Å². The maximum Gasteiger partial charge on any atom is 0.239 e. The quantitative estimate of drug-likeness (QED) is 0.852. The highest BCUT2D eigenvalue weighted by molar-refractivity contribution is 7.88. The Morgan fingerprint density at radius 2 is 1.95 bits per heavy atom. The summed E-state index contributed by atoms with van der Waals surface area (Å²) in [5.41, 5.74) is 0.611. The predicted molar refractivity (Wildman–Crippen MR) is 76.2 cm³/mol. The van der Waals surface area contributed by atoms with Crippen molar-refractivity contribution in [2.24, 2.45) is 0 Å². The first-order valence-electron chi connectivity index (χ1n) is 6.31. The van der Waals surface area contributed by atoms with Gasteiger partial charge in [0.2, 0.25) is 15.9 Å². The molecule has 1 aromatic rings. The number of carbonyl (C=O) groups is 1. The fraction of sp³-hybridized carbons (Fsp3) is 0.462. The second-order valence-corrected chi connectivity index (χ2v) is 6.75. The summed E-state index contributed by atoms with van der Waals surface area (Å²) in [4.78, 5) is 11.9. The third-order valence-electron chi connectivity index (χ3n) is 3.05. The van der Waals surface area contributed by atoms with Crippen LogP contribution in [-0.2, 0) is 14.8 Å². The molecule has 1 fully saturated rings. The molecular weight excluding hydrogens is 280 g/mol. The maximum atomic E-state index is 11.9. The molecule has 7 heteroatoms. The molecule has 1 saturated carbocycles. The molecule has 0 heterocycles. The number of benzene rings is 1. The maximum absolute atomic E-state index is 11.9. The van der Waals surface area contributed by atoms with Crippen LogP contribution in [-0.4, -0.2) is 44.6 Å². The van der Waals surface area contributed by atoms with E-state index in [0.29, 0.717) is 11.4 Å². The summed E-state index contributed by atoms with van der Waals surface area (Å²) in [6.45, 7) is -0.143. The SMILES string of the molecule is COc1ccc(NC(=O)CN(C2CC2)S(C)(=O)=O)cc1. The summed E-state index contributed by atoms with van der Waals surface area (Å²) in [5, 5.41) is 2.68. The third-order valence-corrected chi connectivity index (χ3v) is 4.33. The van der Waals surface area contributed by atoms with Crippen molar-refractivity contribution < 1.29 is 17.9 Å². The molecule has 0 spiro atoms. The molecule has 0 unspecified atom stereocenters. The Balaban J connectivity index is 1.97. The summed E-state index contributed by atoms with van der Waals surface area (Å²) in [6, 6.07) is 6.85. The summed E-state index contributed by atoms with van der Waals surface area (Å²) < 4.78 is 29.5. The van der Waals surface area contributed by atoms with Crippen molar-refractivity contribution in [3.05, 3.63) is 24.3 Å². The number of sulfonamides is 1. The Labute approximate surface area is 118 Å². The van der Waals surface area contributed by atoms with E-state index < -0.39 is 10.0 Å². The number of carbonyl (C=O) groups excluding carboxylic acids is 1. The Morgan fingerprint density at radius 1 is 1.35 bits per heavy atom. The van der Waals surface area contributed by atoms with Crippen molar-refractivity contribution in [1.82, 2.24) is 4.31 Å². The highest BCUT2D eigenvalue weighted by Crippen LogP contribution is 2.28. The van der Waals surface area contributed by atoms with E-state index >= 15 is 0 Å². The van der Waals surface area contributed by atoms with Gasteiger partial charge < -0.3 is 10.1 Å². The van der Waals surface area contributed by atoms with Crippen molar-refractivity contribution in [3.63, 3.8) is 0 Å². The number of methoxy groups -OCH3 is 1. The van der Waals surface area contributed by atoms with Crippen LogP contribution in [0.4, 0.5) is 5.69 Å². The topological polar surface area (TPSA) is 75.7 Å². The summed E-state index contributed by atoms with van der Waals surface area (Å²) in [5.74, 6) is 0.353. The molecule has 1 aliphatic rings. The number of nitrogens with one attached hydrogen (secondary N) is 1. The first-order valence-corrected chi connectivity index (χ1v) is 8.15. The van der Waals surface area contributed by atoms with Crippen LogP contribution in [0.15, 0.2) is 24.3 Å². The standard InChI is InChI=1S/C13H18N2O4S/c1-19-12-7-3-10(4-8-12)14-13(16)9-15(11-5-6-11)20(2,17)18/h3-4,7-8,11H,5-6,9H2,1-2H3,(H,14,16). The minimum absolute atomic E-state index is 0.0217. The first kappa shape index (κ1) is 14.8. The number of nitrogens with zero attached hydrogens (tertiary/aromatic N) is 1. The van der Waals surface area contributed by atoms with Gasteiger partial charge in [-0.15, -0.1) is 0 Å². The van der Waals surface area contributed by atoms with Crippen LogP contribution in [0.3, 0.4) is 0 Å². The molecule has 2 rings (SSSR count). The molecule has 0 saturated heterocycles. The van der Waals surface area contributed by atoms with Gasteiger partial charge in [0.1, 0.15) is 5.75 Å². The number of hydrogen-bond donors (Lipinski definition) is 1. The summed E-state index contributed by atoms with van der Waals surface area (Å²) >= 11 is 0. The summed E-state index contributed by atoms with van der Waals surface area (Å²) in [7, 11) is -1.78. The first-order chi connectivity index (χ1) is 9.40. The second-order valence-electron chi connectivity index (χ2n) is 4.82. The van der Waals surface area contributed by atoms with E-state index in [1.807, 2.05) is 0 Å². The highest BCUT2D eigenvalue weighted by atomic mass is 32.2. The van der Waals surface area contributed by atoms with Gasteiger partial charge in [0.25, 0.3) is 0 Å². The van der Waals surface area contributed by atoms with Gasteiger partial charge in [-0.1, -0.05) is 0 Å². The van der Waals surface area contributed by atoms with Crippen LogP contribution in [0.1, 0.15) is 12.8 Å². The lowest BCUT2D eigenvalue weighted by atomic mass is 10.3. The molecule has 0 radical (unpaired) electrons. The Bertz CT molecular complexity index is 579. The van der Waals surface area contributed by atoms with E-state index in [-0.39, 0.29) is 18.5 Å². The molecular formula is C13H18N2O4S. The second kappa shape index (κ2) is 5.80. The molecule has 1 N–H and O–H groups in total. The fourth-order valence-electron chi connectivity index (χ4n) is 1.90. The Kier molecular flexibility index (Phi) is 4.29. The molecule has 1 amide bonds. The van der Waals surface area contributed by atoms with Gasteiger partial charge in [-0.25, -0.2) is 8.42 Å². The molecule has 20 heavy (non-hydrogen) atoms. The van der Waals surface area contributed by atoms with Crippen molar-refractivity contribution in [2.75, 3.05) is 25.2 Å². The molecule has 0 bridgehead atoms. The molecule has 0 aromatic heterocycles. The minimum atomic E-state index is -3.35. The number of ether oxygens (including phenoxy) is 1. The van der Waals surface area contributed by atoms with Crippen LogP contribution in [0.2, 0.25) is 0 Å². The molecule has 1 aliphatic carbocycles. The zero-order chi connectivity index (χ0) is 14.8. The van der Waals surface area contributed by atoms with E-state index in [4.69, 9.17) is 4.74 Å². The van der Waals surface area contributed by atoms with Gasteiger partial charge in [0.05, 0.1) is 19.9 Å². The van der Waals surface area contributed by atoms with Crippen LogP contribution < -0.4 is 10.1 Å². The van der Waals surface area contributed by atoms with Crippen molar-refractivity contribution >= 4 is 21.6 Å². The largest absolute Gasteiger partial charge is 0.497 e. The monoisotopic (exact) mass is 298 g/mol. The van der Waals surface area contributed by atoms with Crippen LogP contribution in [0.25, 0.3) is 0 Å². The molecule has 6 nitrogen and oxygen atoms in total. The zero-order valence-corrected chi connectivity index (χ0v) is 12.3. The lowest BCUT2D eigenvalue weighted by Crippen LogP contribution is -2.38. The van der Waals surface area contributed by atoms with Crippen LogP contribution in [0.5, 0.6) is 5.75 Å². The van der Waals surface area contributed by atoms with Gasteiger partial charge in [-0.2, -0.15) is 4.31 Å².